The fourth-order valence-electron chi connectivity index (χ4n) is 3.48. The lowest BCUT2D eigenvalue weighted by molar-refractivity contribution is 0.0605. The van der Waals surface area contributed by atoms with Gasteiger partial charge in [-0.2, -0.15) is 0 Å². The van der Waals surface area contributed by atoms with Crippen LogP contribution >= 0.6 is 0 Å². The van der Waals surface area contributed by atoms with Crippen molar-refractivity contribution in [1.82, 2.24) is 14.8 Å². The summed E-state index contributed by atoms with van der Waals surface area (Å²) < 4.78 is 5.04. The molecule has 1 aromatic carbocycles. The van der Waals surface area contributed by atoms with Crippen molar-refractivity contribution in [2.45, 2.75) is 26.8 Å². The highest BCUT2D eigenvalue weighted by Gasteiger charge is 2.30. The van der Waals surface area contributed by atoms with Gasteiger partial charge in [0.2, 0.25) is 0 Å². The molecule has 0 bridgehead atoms. The maximum Gasteiger partial charge on any atom is 0.409 e. The van der Waals surface area contributed by atoms with Crippen molar-refractivity contribution in [1.29, 1.82) is 0 Å². The van der Waals surface area contributed by atoms with Crippen molar-refractivity contribution >= 4 is 22.8 Å². The van der Waals surface area contributed by atoms with Crippen LogP contribution in [0.4, 0.5) is 4.79 Å². The number of aromatic amines is 1. The number of piperazine rings is 1. The van der Waals surface area contributed by atoms with Crippen molar-refractivity contribution in [3.63, 3.8) is 0 Å². The van der Waals surface area contributed by atoms with Gasteiger partial charge in [-0.3, -0.25) is 9.69 Å². The van der Waals surface area contributed by atoms with Crippen LogP contribution in [0.1, 0.15) is 29.9 Å². The summed E-state index contributed by atoms with van der Waals surface area (Å²) >= 11 is 0. The zero-order valence-corrected chi connectivity index (χ0v) is 15.0. The summed E-state index contributed by atoms with van der Waals surface area (Å²) in [5, 5.41) is 0.974. The van der Waals surface area contributed by atoms with Gasteiger partial charge in [0.25, 0.3) is 0 Å². The fraction of sp³-hybridized carbons (Fsp3) is 0.474. The molecule has 1 atom stereocenters. The van der Waals surface area contributed by atoms with Crippen LogP contribution in [0, 0.1) is 6.92 Å². The number of H-pyrrole nitrogens is 1. The zero-order valence-electron chi connectivity index (χ0n) is 15.0. The monoisotopic (exact) mass is 343 g/mol. The molecule has 1 fully saturated rings. The van der Waals surface area contributed by atoms with Crippen molar-refractivity contribution in [3.05, 3.63) is 35.5 Å². The van der Waals surface area contributed by atoms with Gasteiger partial charge < -0.3 is 14.6 Å². The quantitative estimate of drug-likeness (QED) is 0.867. The van der Waals surface area contributed by atoms with Crippen LogP contribution in [0.15, 0.2) is 24.3 Å². The molecule has 0 saturated carbocycles. The molecule has 2 aromatic rings. The van der Waals surface area contributed by atoms with Crippen LogP contribution in [0.5, 0.6) is 0 Å². The Balaban J connectivity index is 1.71. The zero-order chi connectivity index (χ0) is 18.0. The second-order valence-electron chi connectivity index (χ2n) is 6.43. The molecule has 1 aliphatic heterocycles. The van der Waals surface area contributed by atoms with Gasteiger partial charge in [0.15, 0.2) is 5.78 Å². The molecule has 0 unspecified atom stereocenters. The Kier molecular flexibility index (Phi) is 5.08. The van der Waals surface area contributed by atoms with Crippen molar-refractivity contribution < 1.29 is 14.3 Å². The van der Waals surface area contributed by atoms with E-state index in [4.69, 9.17) is 4.74 Å². The summed E-state index contributed by atoms with van der Waals surface area (Å²) in [6.45, 7) is 8.60. The van der Waals surface area contributed by atoms with Gasteiger partial charge in [-0.25, -0.2) is 4.79 Å². The number of nitrogens with zero attached hydrogens (tertiary/aromatic N) is 2. The average molecular weight is 343 g/mol. The van der Waals surface area contributed by atoms with Crippen LogP contribution in [0.3, 0.4) is 0 Å². The highest BCUT2D eigenvalue weighted by Crippen LogP contribution is 2.24. The molecular formula is C19H25N3O3. The highest BCUT2D eigenvalue weighted by atomic mass is 16.6. The van der Waals surface area contributed by atoms with E-state index in [-0.39, 0.29) is 17.9 Å². The van der Waals surface area contributed by atoms with E-state index in [1.54, 1.807) is 11.8 Å². The molecule has 0 radical (unpaired) electrons. The average Bonchev–Trinajstić information content (AvgIpc) is 2.96. The number of fused-ring (bicyclic) bond motifs is 1. The van der Waals surface area contributed by atoms with Crippen LogP contribution in [-0.4, -0.2) is 65.5 Å². The number of Topliss-reactive ketones (excluding diaryl/α,β-unsaturated/α-hetero) is 1. The van der Waals surface area contributed by atoms with E-state index in [0.29, 0.717) is 32.8 Å². The summed E-state index contributed by atoms with van der Waals surface area (Å²) in [7, 11) is 0. The number of rotatable bonds is 4. The highest BCUT2D eigenvalue weighted by molar-refractivity contribution is 6.11. The molecule has 1 aromatic heterocycles. The second kappa shape index (κ2) is 7.27. The standard InChI is InChI=1S/C19H25N3O3/c1-4-25-19(24)22-11-9-21(10-12-22)14(3)18(23)17-13(2)20-16-8-6-5-7-15(16)17/h5-8,14,20H,4,9-12H2,1-3H3/t14-/m1/s1. The SMILES string of the molecule is CCOC(=O)N1CCN([C@H](C)C(=O)c2c(C)[nH]c3ccccc23)CC1. The molecule has 1 N–H and O–H groups in total. The van der Waals surface area contributed by atoms with Crippen LogP contribution in [0.2, 0.25) is 0 Å². The summed E-state index contributed by atoms with van der Waals surface area (Å²) in [6.07, 6.45) is -0.270. The first-order chi connectivity index (χ1) is 12.0. The molecule has 0 aliphatic carbocycles. The van der Waals surface area contributed by atoms with Gasteiger partial charge in [0.05, 0.1) is 12.6 Å². The molecule has 0 spiro atoms. The number of benzene rings is 1. The number of aromatic nitrogens is 1. The van der Waals surface area contributed by atoms with Gasteiger partial charge in [-0.1, -0.05) is 18.2 Å². The molecule has 25 heavy (non-hydrogen) atoms. The Hall–Kier alpha value is -2.34. The van der Waals surface area contributed by atoms with Crippen LogP contribution < -0.4 is 0 Å². The first kappa shape index (κ1) is 17.5. The summed E-state index contributed by atoms with van der Waals surface area (Å²) in [5.74, 6) is 0.125. The largest absolute Gasteiger partial charge is 0.450 e. The Labute approximate surface area is 147 Å². The summed E-state index contributed by atoms with van der Waals surface area (Å²) in [4.78, 5) is 32.0. The molecule has 6 nitrogen and oxygen atoms in total. The van der Waals surface area contributed by atoms with E-state index in [0.717, 1.165) is 22.2 Å². The Morgan fingerprint density at radius 3 is 2.56 bits per heavy atom. The number of ether oxygens (including phenoxy) is 1. The second-order valence-corrected chi connectivity index (χ2v) is 6.43. The minimum atomic E-state index is -0.270. The Bertz CT molecular complexity index is 775. The number of amides is 1. The van der Waals surface area contributed by atoms with E-state index in [2.05, 4.69) is 9.88 Å². The fourth-order valence-corrected chi connectivity index (χ4v) is 3.48. The molecule has 1 aliphatic rings. The molecule has 134 valence electrons. The minimum Gasteiger partial charge on any atom is -0.450 e. The van der Waals surface area contributed by atoms with Crippen LogP contribution in [0.25, 0.3) is 10.9 Å². The Morgan fingerprint density at radius 2 is 1.88 bits per heavy atom. The maximum atomic E-state index is 13.1. The number of carbonyl (C=O) groups is 2. The van der Waals surface area contributed by atoms with Crippen molar-refractivity contribution in [2.24, 2.45) is 0 Å². The predicted molar refractivity (Wildman–Crippen MR) is 97.0 cm³/mol. The molecule has 1 saturated heterocycles. The van der Waals surface area contributed by atoms with Crippen molar-refractivity contribution in [2.75, 3.05) is 32.8 Å². The maximum absolute atomic E-state index is 13.1. The number of hydrogen-bond acceptors (Lipinski definition) is 4. The summed E-state index contributed by atoms with van der Waals surface area (Å²) in [5.41, 5.74) is 2.67. The third-order valence-electron chi connectivity index (χ3n) is 4.91. The predicted octanol–water partition coefficient (Wildman–Crippen LogP) is 2.82. The normalized spacial score (nSPS) is 16.8. The molecule has 6 heteroatoms. The number of carbonyl (C=O) groups excluding carboxylic acids is 2. The van der Waals surface area contributed by atoms with E-state index in [1.165, 1.54) is 0 Å². The lowest BCUT2D eigenvalue weighted by atomic mass is 10.0. The van der Waals surface area contributed by atoms with E-state index >= 15 is 0 Å². The van der Waals surface area contributed by atoms with E-state index < -0.39 is 0 Å². The molecule has 1 amide bonds. The third-order valence-corrected chi connectivity index (χ3v) is 4.91. The first-order valence-electron chi connectivity index (χ1n) is 8.80. The molecular weight excluding hydrogens is 318 g/mol. The topological polar surface area (TPSA) is 65.6 Å². The number of aryl methyl sites for hydroxylation is 1. The van der Waals surface area contributed by atoms with Gasteiger partial charge in [0.1, 0.15) is 0 Å². The van der Waals surface area contributed by atoms with E-state index in [1.807, 2.05) is 38.1 Å². The third kappa shape index (κ3) is 3.39. The van der Waals surface area contributed by atoms with Gasteiger partial charge in [0, 0.05) is 48.3 Å². The number of ketones is 1. The lowest BCUT2D eigenvalue weighted by Gasteiger charge is -2.36. The Morgan fingerprint density at radius 1 is 1.20 bits per heavy atom. The number of hydrogen-bond donors (Lipinski definition) is 1. The lowest BCUT2D eigenvalue weighted by Crippen LogP contribution is -2.53. The number of para-hydroxylation sites is 1. The van der Waals surface area contributed by atoms with Gasteiger partial charge in [-0.15, -0.1) is 0 Å². The van der Waals surface area contributed by atoms with Gasteiger partial charge in [-0.05, 0) is 26.8 Å². The first-order valence-corrected chi connectivity index (χ1v) is 8.80. The molecule has 2 heterocycles. The van der Waals surface area contributed by atoms with Crippen molar-refractivity contribution in [3.8, 4) is 0 Å². The molecule has 3 rings (SSSR count). The van der Waals surface area contributed by atoms with Gasteiger partial charge >= 0.3 is 6.09 Å². The summed E-state index contributed by atoms with van der Waals surface area (Å²) in [6, 6.07) is 7.67. The number of nitrogens with one attached hydrogen (secondary N) is 1. The van der Waals surface area contributed by atoms with E-state index in [9.17, 15) is 9.59 Å². The minimum absolute atomic E-state index is 0.125. The van der Waals surface area contributed by atoms with Crippen LogP contribution in [-0.2, 0) is 4.74 Å². The smallest absolute Gasteiger partial charge is 0.409 e.